The lowest BCUT2D eigenvalue weighted by molar-refractivity contribution is -0.119. The average Bonchev–Trinajstić information content (AvgIpc) is 2.67. The summed E-state index contributed by atoms with van der Waals surface area (Å²) >= 11 is 0. The number of para-hydroxylation sites is 1. The average molecular weight is 391 g/mol. The minimum atomic E-state index is -3.91. The molecule has 0 unspecified atom stereocenters. The first-order valence-corrected chi connectivity index (χ1v) is 9.43. The minimum absolute atomic E-state index is 0.00908. The van der Waals surface area contributed by atoms with Gasteiger partial charge in [0.2, 0.25) is 10.0 Å². The lowest BCUT2D eigenvalue weighted by Gasteiger charge is -2.18. The SMILES string of the molecule is O=C(CNS(=O)(=O)c1ccc2c(c1)OCCO2)NN=Cc1ccccc1O. The standard InChI is InChI=1S/C17H17N3O6S/c21-14-4-2-1-3-12(14)10-18-20-17(22)11-19-27(23,24)13-5-6-15-16(9-13)26-8-7-25-15/h1-6,9-10,19,21H,7-8,11H2,(H,20,22). The molecule has 2 aromatic carbocycles. The van der Waals surface area contributed by atoms with E-state index in [1.807, 2.05) is 0 Å². The summed E-state index contributed by atoms with van der Waals surface area (Å²) in [5.74, 6) is 0.148. The van der Waals surface area contributed by atoms with Crippen LogP contribution in [0.25, 0.3) is 0 Å². The maximum absolute atomic E-state index is 12.3. The van der Waals surface area contributed by atoms with Gasteiger partial charge >= 0.3 is 0 Å². The highest BCUT2D eigenvalue weighted by atomic mass is 32.2. The zero-order valence-corrected chi connectivity index (χ0v) is 14.9. The zero-order valence-electron chi connectivity index (χ0n) is 14.1. The predicted octanol–water partition coefficient (Wildman–Crippen LogP) is 0.592. The molecule has 10 heteroatoms. The van der Waals surface area contributed by atoms with E-state index in [1.54, 1.807) is 18.2 Å². The van der Waals surface area contributed by atoms with Crippen LogP contribution in [0.15, 0.2) is 52.5 Å². The molecule has 9 nitrogen and oxygen atoms in total. The van der Waals surface area contributed by atoms with Gasteiger partial charge in [-0.15, -0.1) is 0 Å². The summed E-state index contributed by atoms with van der Waals surface area (Å²) in [5.41, 5.74) is 2.59. The molecule has 0 aromatic heterocycles. The van der Waals surface area contributed by atoms with E-state index in [9.17, 15) is 18.3 Å². The van der Waals surface area contributed by atoms with Crippen LogP contribution in [-0.4, -0.2) is 45.4 Å². The third-order valence-electron chi connectivity index (χ3n) is 3.58. The summed E-state index contributed by atoms with van der Waals surface area (Å²) in [6.45, 7) is 0.231. The number of benzene rings is 2. The number of nitrogens with zero attached hydrogens (tertiary/aromatic N) is 1. The number of phenolic OH excluding ortho intramolecular Hbond substituents is 1. The maximum atomic E-state index is 12.3. The Morgan fingerprint density at radius 2 is 1.89 bits per heavy atom. The summed E-state index contributed by atoms with van der Waals surface area (Å²) in [6.07, 6.45) is 1.25. The smallest absolute Gasteiger partial charge is 0.255 e. The van der Waals surface area contributed by atoms with E-state index in [2.05, 4.69) is 15.2 Å². The molecule has 0 bridgehead atoms. The van der Waals surface area contributed by atoms with Crippen LogP contribution in [0, 0.1) is 0 Å². The molecule has 0 aliphatic carbocycles. The van der Waals surface area contributed by atoms with Crippen molar-refractivity contribution >= 4 is 22.1 Å². The van der Waals surface area contributed by atoms with Crippen LogP contribution in [-0.2, 0) is 14.8 Å². The highest BCUT2D eigenvalue weighted by molar-refractivity contribution is 7.89. The van der Waals surface area contributed by atoms with Gasteiger partial charge in [-0.25, -0.2) is 18.6 Å². The van der Waals surface area contributed by atoms with Crippen LogP contribution in [0.2, 0.25) is 0 Å². The van der Waals surface area contributed by atoms with Crippen LogP contribution < -0.4 is 19.6 Å². The molecule has 142 valence electrons. The molecule has 3 N–H and O–H groups in total. The summed E-state index contributed by atoms with van der Waals surface area (Å²) in [6, 6.07) is 10.6. The van der Waals surface area contributed by atoms with Gasteiger partial charge in [0.15, 0.2) is 11.5 Å². The van der Waals surface area contributed by atoms with E-state index < -0.39 is 22.5 Å². The van der Waals surface area contributed by atoms with Crippen molar-refractivity contribution in [1.82, 2.24) is 10.1 Å². The highest BCUT2D eigenvalue weighted by Gasteiger charge is 2.20. The fourth-order valence-electron chi connectivity index (χ4n) is 2.24. The van der Waals surface area contributed by atoms with Crippen molar-refractivity contribution in [2.75, 3.05) is 19.8 Å². The normalized spacial score (nSPS) is 13.5. The monoisotopic (exact) mass is 391 g/mol. The minimum Gasteiger partial charge on any atom is -0.507 e. The zero-order chi connectivity index (χ0) is 19.3. The van der Waals surface area contributed by atoms with Crippen molar-refractivity contribution in [2.45, 2.75) is 4.90 Å². The van der Waals surface area contributed by atoms with Gasteiger partial charge in [0.1, 0.15) is 19.0 Å². The van der Waals surface area contributed by atoms with Gasteiger partial charge in [-0.05, 0) is 24.3 Å². The molecule has 2 aromatic rings. The number of carbonyl (C=O) groups is 1. The maximum Gasteiger partial charge on any atom is 0.255 e. The second kappa shape index (κ2) is 8.06. The molecule has 0 fully saturated rings. The molecular formula is C17H17N3O6S. The second-order valence-corrected chi connectivity index (χ2v) is 7.25. The molecule has 1 aliphatic rings. The van der Waals surface area contributed by atoms with Gasteiger partial charge < -0.3 is 14.6 Å². The van der Waals surface area contributed by atoms with E-state index in [0.717, 1.165) is 0 Å². The Hall–Kier alpha value is -3.11. The van der Waals surface area contributed by atoms with Gasteiger partial charge in [0, 0.05) is 11.6 Å². The third-order valence-corrected chi connectivity index (χ3v) is 4.98. The van der Waals surface area contributed by atoms with Crippen LogP contribution >= 0.6 is 0 Å². The molecule has 27 heavy (non-hydrogen) atoms. The van der Waals surface area contributed by atoms with E-state index >= 15 is 0 Å². The van der Waals surface area contributed by atoms with E-state index in [1.165, 1.54) is 30.5 Å². The topological polar surface area (TPSA) is 126 Å². The number of hydrogen-bond acceptors (Lipinski definition) is 7. The third kappa shape index (κ3) is 4.74. The Kier molecular flexibility index (Phi) is 5.57. The molecule has 0 radical (unpaired) electrons. The van der Waals surface area contributed by atoms with E-state index in [4.69, 9.17) is 9.47 Å². The Balaban J connectivity index is 1.57. The van der Waals surface area contributed by atoms with Gasteiger partial charge in [-0.3, -0.25) is 4.79 Å². The lowest BCUT2D eigenvalue weighted by atomic mass is 10.2. The fraction of sp³-hybridized carbons (Fsp3) is 0.176. The van der Waals surface area contributed by atoms with Crippen molar-refractivity contribution in [1.29, 1.82) is 0 Å². The Bertz CT molecular complexity index is 974. The van der Waals surface area contributed by atoms with Crippen molar-refractivity contribution in [3.8, 4) is 17.2 Å². The molecule has 0 saturated carbocycles. The molecule has 0 atom stereocenters. The number of amides is 1. The molecular weight excluding hydrogens is 374 g/mol. The molecule has 1 aliphatic heterocycles. The Labute approximate surface area is 155 Å². The van der Waals surface area contributed by atoms with Crippen molar-refractivity contribution < 1.29 is 27.8 Å². The number of sulfonamides is 1. The molecule has 1 amide bonds. The number of rotatable bonds is 6. The summed E-state index contributed by atoms with van der Waals surface area (Å²) in [5, 5.41) is 13.3. The lowest BCUT2D eigenvalue weighted by Crippen LogP contribution is -2.35. The van der Waals surface area contributed by atoms with Gasteiger partial charge in [0.25, 0.3) is 5.91 Å². The fourth-order valence-corrected chi connectivity index (χ4v) is 3.24. The second-order valence-electron chi connectivity index (χ2n) is 5.48. The summed E-state index contributed by atoms with van der Waals surface area (Å²) in [4.78, 5) is 11.7. The molecule has 1 heterocycles. The molecule has 0 saturated heterocycles. The van der Waals surface area contributed by atoms with Gasteiger partial charge in [0.05, 0.1) is 17.7 Å². The number of hydrazone groups is 1. The number of aromatic hydroxyl groups is 1. The number of carbonyl (C=O) groups excluding carboxylic acids is 1. The number of fused-ring (bicyclic) bond motifs is 1. The van der Waals surface area contributed by atoms with Crippen LogP contribution in [0.4, 0.5) is 0 Å². The first kappa shape index (κ1) is 18.7. The van der Waals surface area contributed by atoms with Crippen LogP contribution in [0.1, 0.15) is 5.56 Å². The Morgan fingerprint density at radius 3 is 2.67 bits per heavy atom. The number of ether oxygens (including phenoxy) is 2. The quantitative estimate of drug-likeness (QED) is 0.489. The van der Waals surface area contributed by atoms with E-state index in [-0.39, 0.29) is 10.6 Å². The molecule has 3 rings (SSSR count). The predicted molar refractivity (Wildman–Crippen MR) is 96.5 cm³/mol. The van der Waals surface area contributed by atoms with Gasteiger partial charge in [-0.2, -0.15) is 5.10 Å². The summed E-state index contributed by atoms with van der Waals surface area (Å²) < 4.78 is 37.5. The number of hydrogen-bond donors (Lipinski definition) is 3. The van der Waals surface area contributed by atoms with Crippen LogP contribution in [0.5, 0.6) is 17.2 Å². The highest BCUT2D eigenvalue weighted by Crippen LogP contribution is 2.32. The van der Waals surface area contributed by atoms with Crippen molar-refractivity contribution in [3.05, 3.63) is 48.0 Å². The van der Waals surface area contributed by atoms with E-state index in [0.29, 0.717) is 30.3 Å². The number of phenols is 1. The Morgan fingerprint density at radius 1 is 1.15 bits per heavy atom. The largest absolute Gasteiger partial charge is 0.507 e. The van der Waals surface area contributed by atoms with Crippen molar-refractivity contribution in [3.63, 3.8) is 0 Å². The first-order valence-electron chi connectivity index (χ1n) is 7.95. The molecule has 0 spiro atoms. The first-order chi connectivity index (χ1) is 13.0. The van der Waals surface area contributed by atoms with Gasteiger partial charge in [-0.1, -0.05) is 12.1 Å². The van der Waals surface area contributed by atoms with Crippen molar-refractivity contribution in [2.24, 2.45) is 5.10 Å². The van der Waals surface area contributed by atoms with Crippen LogP contribution in [0.3, 0.4) is 0 Å². The number of nitrogens with one attached hydrogen (secondary N) is 2. The summed E-state index contributed by atoms with van der Waals surface area (Å²) in [7, 11) is -3.91.